The van der Waals surface area contributed by atoms with E-state index < -0.39 is 28.2 Å². The van der Waals surface area contributed by atoms with Gasteiger partial charge in [-0.15, -0.1) is 10.2 Å². The highest BCUT2D eigenvalue weighted by atomic mass is 19.1. The minimum atomic E-state index is -1.53. The monoisotopic (exact) mass is 429 g/mol. The summed E-state index contributed by atoms with van der Waals surface area (Å²) in [5.41, 5.74) is 0.207. The summed E-state index contributed by atoms with van der Waals surface area (Å²) < 4.78 is 23.7. The van der Waals surface area contributed by atoms with Crippen molar-refractivity contribution in [3.8, 4) is 17.2 Å². The second-order valence-corrected chi connectivity index (χ2v) is 7.98. The Labute approximate surface area is 176 Å². The lowest BCUT2D eigenvalue weighted by molar-refractivity contribution is -0.385. The number of nitrogens with zero attached hydrogens (tertiary/aromatic N) is 3. The van der Waals surface area contributed by atoms with Gasteiger partial charge in [0.15, 0.2) is 0 Å². The smallest absolute Gasteiger partial charge is 0.449 e. The molecule has 0 saturated carbocycles. The number of non-ortho nitro benzene ring substituents is 1. The number of nitro benzene ring substituents is 1. The van der Waals surface area contributed by atoms with Crippen molar-refractivity contribution in [3.63, 3.8) is 0 Å². The first-order chi connectivity index (χ1) is 14.5. The number of nitro groups is 1. The van der Waals surface area contributed by atoms with Crippen LogP contribution in [0.25, 0.3) is 11.5 Å². The van der Waals surface area contributed by atoms with Crippen LogP contribution in [0.1, 0.15) is 38.1 Å². The van der Waals surface area contributed by atoms with Gasteiger partial charge in [-0.1, -0.05) is 20.8 Å². The molecule has 0 saturated heterocycles. The van der Waals surface area contributed by atoms with Crippen LogP contribution >= 0.6 is 0 Å². The number of carbonyl (C=O) groups is 1. The first-order valence-electron chi connectivity index (χ1n) is 9.32. The molecule has 0 bridgehead atoms. The van der Waals surface area contributed by atoms with Gasteiger partial charge >= 0.3 is 6.16 Å². The van der Waals surface area contributed by atoms with Crippen LogP contribution in [0.4, 0.5) is 14.9 Å². The van der Waals surface area contributed by atoms with Crippen LogP contribution in [0.3, 0.4) is 0 Å². The average molecular weight is 429 g/mol. The van der Waals surface area contributed by atoms with Crippen molar-refractivity contribution >= 4 is 11.8 Å². The summed E-state index contributed by atoms with van der Waals surface area (Å²) in [5.74, 6) is -0.414. The van der Waals surface area contributed by atoms with Gasteiger partial charge in [0.25, 0.3) is 5.69 Å². The Morgan fingerprint density at radius 1 is 1.23 bits per heavy atom. The number of rotatable bonds is 6. The van der Waals surface area contributed by atoms with Crippen molar-refractivity contribution in [3.05, 3.63) is 69.9 Å². The highest BCUT2D eigenvalue weighted by Crippen LogP contribution is 2.43. The largest absolute Gasteiger partial charge is 0.511 e. The Morgan fingerprint density at radius 3 is 2.48 bits per heavy atom. The maximum Gasteiger partial charge on any atom is 0.511 e. The fourth-order valence-electron chi connectivity index (χ4n) is 3.21. The lowest BCUT2D eigenvalue weighted by Gasteiger charge is -2.31. The van der Waals surface area contributed by atoms with Gasteiger partial charge in [-0.05, 0) is 35.7 Å². The molecule has 162 valence electrons. The zero-order valence-corrected chi connectivity index (χ0v) is 17.0. The number of hydrogen-bond donors (Lipinski definition) is 1. The molecule has 10 heteroatoms. The second kappa shape index (κ2) is 8.50. The molecular weight excluding hydrogens is 409 g/mol. The van der Waals surface area contributed by atoms with E-state index in [0.717, 1.165) is 0 Å². The number of aromatic nitrogens is 2. The van der Waals surface area contributed by atoms with Crippen LogP contribution in [-0.2, 0) is 6.42 Å². The number of ether oxygens (including phenoxy) is 1. The summed E-state index contributed by atoms with van der Waals surface area (Å²) in [5, 5.41) is 28.4. The van der Waals surface area contributed by atoms with Crippen LogP contribution in [0.2, 0.25) is 0 Å². The first-order valence-corrected chi connectivity index (χ1v) is 9.32. The molecule has 31 heavy (non-hydrogen) atoms. The molecule has 0 aliphatic heterocycles. The third-order valence-electron chi connectivity index (χ3n) is 4.76. The van der Waals surface area contributed by atoms with Gasteiger partial charge < -0.3 is 14.3 Å². The normalized spacial score (nSPS) is 12.4. The topological polar surface area (TPSA) is 129 Å². The third-order valence-corrected chi connectivity index (χ3v) is 4.76. The number of benzene rings is 2. The SMILES string of the molecule is CC(C)(C)C(Cc1nnc(-c2ccc(F)cc2)o1)c1cc([N+](=O)[O-])ccc1OC(=O)O. The molecule has 0 aliphatic rings. The molecule has 1 N–H and O–H groups in total. The van der Waals surface area contributed by atoms with Crippen LogP contribution in [0.15, 0.2) is 46.9 Å². The number of carboxylic acid groups (broad SMARTS) is 1. The van der Waals surface area contributed by atoms with Crippen molar-refractivity contribution in [1.82, 2.24) is 10.2 Å². The summed E-state index contributed by atoms with van der Waals surface area (Å²) in [6.07, 6.45) is -1.35. The Balaban J connectivity index is 2.00. The molecular formula is C21H20FN3O6. The van der Waals surface area contributed by atoms with E-state index in [1.54, 1.807) is 0 Å². The minimum absolute atomic E-state index is 0.00343. The fraction of sp³-hybridized carbons (Fsp3) is 0.286. The average Bonchev–Trinajstić information content (AvgIpc) is 3.14. The Morgan fingerprint density at radius 2 is 1.90 bits per heavy atom. The maximum atomic E-state index is 13.1. The predicted molar refractivity (Wildman–Crippen MR) is 107 cm³/mol. The summed E-state index contributed by atoms with van der Waals surface area (Å²) in [6.45, 7) is 5.70. The number of halogens is 1. The molecule has 0 radical (unpaired) electrons. The van der Waals surface area contributed by atoms with Gasteiger partial charge in [0.05, 0.1) is 4.92 Å². The minimum Gasteiger partial charge on any atom is -0.449 e. The summed E-state index contributed by atoms with van der Waals surface area (Å²) in [4.78, 5) is 21.9. The summed E-state index contributed by atoms with van der Waals surface area (Å²) in [6, 6.07) is 9.30. The van der Waals surface area contributed by atoms with Gasteiger partial charge in [0.1, 0.15) is 11.6 Å². The van der Waals surface area contributed by atoms with Crippen molar-refractivity contribution < 1.29 is 28.4 Å². The zero-order valence-electron chi connectivity index (χ0n) is 17.0. The molecule has 1 aromatic heterocycles. The molecule has 0 spiro atoms. The highest BCUT2D eigenvalue weighted by molar-refractivity contribution is 5.63. The molecule has 1 atom stereocenters. The van der Waals surface area contributed by atoms with Crippen LogP contribution < -0.4 is 4.74 Å². The number of hydrogen-bond acceptors (Lipinski definition) is 7. The van der Waals surface area contributed by atoms with E-state index in [4.69, 9.17) is 14.3 Å². The zero-order chi connectivity index (χ0) is 22.8. The summed E-state index contributed by atoms with van der Waals surface area (Å²) in [7, 11) is 0. The van der Waals surface area contributed by atoms with Gasteiger partial charge in [0.2, 0.25) is 11.8 Å². The third kappa shape index (κ3) is 5.21. The second-order valence-electron chi connectivity index (χ2n) is 7.98. The van der Waals surface area contributed by atoms with Gasteiger partial charge in [-0.3, -0.25) is 10.1 Å². The van der Waals surface area contributed by atoms with Crippen molar-refractivity contribution in [2.75, 3.05) is 0 Å². The lowest BCUT2D eigenvalue weighted by Crippen LogP contribution is -2.22. The van der Waals surface area contributed by atoms with E-state index in [0.29, 0.717) is 11.1 Å². The van der Waals surface area contributed by atoms with E-state index in [9.17, 15) is 19.3 Å². The highest BCUT2D eigenvalue weighted by Gasteiger charge is 2.33. The van der Waals surface area contributed by atoms with Gasteiger partial charge in [-0.25, -0.2) is 9.18 Å². The molecule has 0 aliphatic carbocycles. The Hall–Kier alpha value is -3.82. The molecule has 2 aromatic carbocycles. The fourth-order valence-corrected chi connectivity index (χ4v) is 3.21. The predicted octanol–water partition coefficient (Wildman–Crippen LogP) is 5.21. The molecule has 0 amide bonds. The van der Waals surface area contributed by atoms with Crippen LogP contribution in [0, 0.1) is 21.3 Å². The van der Waals surface area contributed by atoms with Gasteiger partial charge in [0, 0.05) is 35.6 Å². The first kappa shape index (κ1) is 21.9. The molecule has 9 nitrogen and oxygen atoms in total. The van der Waals surface area contributed by atoms with E-state index in [2.05, 4.69) is 10.2 Å². The standard InChI is InChI=1S/C21H20FN3O6/c1-21(2,3)16(15-10-14(25(28)29)8-9-17(15)30-20(26)27)11-18-23-24-19(31-18)12-4-6-13(22)7-5-12/h4-10,16H,11H2,1-3H3,(H,26,27). The van der Waals surface area contributed by atoms with Crippen LogP contribution in [0.5, 0.6) is 5.75 Å². The van der Waals surface area contributed by atoms with Crippen molar-refractivity contribution in [2.24, 2.45) is 5.41 Å². The summed E-state index contributed by atoms with van der Waals surface area (Å²) >= 11 is 0. The van der Waals surface area contributed by atoms with Crippen LogP contribution in [-0.4, -0.2) is 26.4 Å². The lowest BCUT2D eigenvalue weighted by atomic mass is 9.74. The molecule has 0 fully saturated rings. The molecule has 1 unspecified atom stereocenters. The maximum absolute atomic E-state index is 13.1. The van der Waals surface area contributed by atoms with Crippen molar-refractivity contribution in [2.45, 2.75) is 33.1 Å². The van der Waals surface area contributed by atoms with E-state index in [1.165, 1.54) is 42.5 Å². The Bertz CT molecular complexity index is 1110. The van der Waals surface area contributed by atoms with E-state index in [-0.39, 0.29) is 29.6 Å². The van der Waals surface area contributed by atoms with E-state index in [1.807, 2.05) is 20.8 Å². The quantitative estimate of drug-likeness (QED) is 0.245. The van der Waals surface area contributed by atoms with Crippen molar-refractivity contribution in [1.29, 1.82) is 0 Å². The van der Waals surface area contributed by atoms with Gasteiger partial charge in [-0.2, -0.15) is 0 Å². The Kier molecular flexibility index (Phi) is 6.00. The molecule has 3 rings (SSSR count). The molecule has 3 aromatic rings. The molecule has 1 heterocycles. The van der Waals surface area contributed by atoms with E-state index >= 15 is 0 Å².